The van der Waals surface area contributed by atoms with Crippen LogP contribution in [0.1, 0.15) is 16.2 Å². The van der Waals surface area contributed by atoms with Gasteiger partial charge in [0, 0.05) is 18.4 Å². The molecular formula is C9H12N2O4S. The van der Waals surface area contributed by atoms with Crippen LogP contribution in [0, 0.1) is 6.92 Å². The minimum atomic E-state index is -0.859. The highest BCUT2D eigenvalue weighted by molar-refractivity contribution is 7.99. The first-order chi connectivity index (χ1) is 7.59. The molecule has 0 unspecified atom stereocenters. The van der Waals surface area contributed by atoms with E-state index in [9.17, 15) is 9.59 Å². The molecular weight excluding hydrogens is 232 g/mol. The minimum Gasteiger partial charge on any atom is -0.481 e. The molecule has 0 atom stereocenters. The van der Waals surface area contributed by atoms with E-state index in [0.717, 1.165) is 0 Å². The zero-order valence-corrected chi connectivity index (χ0v) is 9.54. The predicted octanol–water partition coefficient (Wildman–Crippen LogP) is 0.531. The van der Waals surface area contributed by atoms with Gasteiger partial charge in [0.05, 0.1) is 11.4 Å². The van der Waals surface area contributed by atoms with Crippen molar-refractivity contribution in [3.8, 4) is 0 Å². The van der Waals surface area contributed by atoms with E-state index in [1.807, 2.05) is 0 Å². The highest BCUT2D eigenvalue weighted by Crippen LogP contribution is 2.02. The quantitative estimate of drug-likeness (QED) is 0.709. The number of amides is 1. The number of hydrogen-bond acceptors (Lipinski definition) is 5. The van der Waals surface area contributed by atoms with Crippen LogP contribution in [0.4, 0.5) is 0 Å². The second-order valence-corrected chi connectivity index (χ2v) is 4.14. The third-order valence-electron chi connectivity index (χ3n) is 1.61. The van der Waals surface area contributed by atoms with Crippen LogP contribution in [-0.4, -0.2) is 40.2 Å². The van der Waals surface area contributed by atoms with Crippen molar-refractivity contribution in [1.29, 1.82) is 0 Å². The summed E-state index contributed by atoms with van der Waals surface area (Å²) in [6.45, 7) is 2.12. The lowest BCUT2D eigenvalue weighted by Gasteiger charge is -2.00. The van der Waals surface area contributed by atoms with Gasteiger partial charge in [0.25, 0.3) is 5.91 Å². The molecule has 0 aliphatic carbocycles. The van der Waals surface area contributed by atoms with Gasteiger partial charge in [0.1, 0.15) is 0 Å². The number of carboxylic acid groups (broad SMARTS) is 1. The molecule has 1 rings (SSSR count). The summed E-state index contributed by atoms with van der Waals surface area (Å²) in [6, 6.07) is 1.54. The molecule has 88 valence electrons. The zero-order chi connectivity index (χ0) is 12.0. The van der Waals surface area contributed by atoms with Crippen molar-refractivity contribution in [1.82, 2.24) is 10.5 Å². The second kappa shape index (κ2) is 6.16. The third kappa shape index (κ3) is 4.35. The Labute approximate surface area is 96.4 Å². The average molecular weight is 244 g/mol. The number of aromatic nitrogens is 1. The molecule has 0 saturated carbocycles. The van der Waals surface area contributed by atoms with Crippen LogP contribution in [0.15, 0.2) is 10.6 Å². The van der Waals surface area contributed by atoms with E-state index in [2.05, 4.69) is 10.5 Å². The summed E-state index contributed by atoms with van der Waals surface area (Å²) in [5.41, 5.74) is 0.644. The van der Waals surface area contributed by atoms with Crippen molar-refractivity contribution in [2.75, 3.05) is 18.1 Å². The molecule has 1 heterocycles. The van der Waals surface area contributed by atoms with Gasteiger partial charge >= 0.3 is 5.97 Å². The molecule has 0 fully saturated rings. The number of rotatable bonds is 6. The number of carbonyl (C=O) groups excluding carboxylic acids is 1. The molecule has 2 N–H and O–H groups in total. The molecule has 1 amide bonds. The first-order valence-electron chi connectivity index (χ1n) is 4.60. The molecule has 0 spiro atoms. The molecule has 0 saturated heterocycles. The maximum Gasteiger partial charge on any atom is 0.313 e. The van der Waals surface area contributed by atoms with Gasteiger partial charge in [0.15, 0.2) is 0 Å². The van der Waals surface area contributed by atoms with Crippen molar-refractivity contribution >= 4 is 23.6 Å². The standard InChI is InChI=1S/C9H12N2O4S/c1-6-4-7(15-11-6)9(14)10-2-3-16-5-8(12)13/h4H,2-3,5H2,1H3,(H,10,14)(H,12,13). The van der Waals surface area contributed by atoms with E-state index in [4.69, 9.17) is 9.63 Å². The van der Waals surface area contributed by atoms with Crippen LogP contribution in [0.3, 0.4) is 0 Å². The SMILES string of the molecule is Cc1cc(C(=O)NCCSCC(=O)O)on1. The van der Waals surface area contributed by atoms with Crippen molar-refractivity contribution in [3.63, 3.8) is 0 Å². The fraction of sp³-hybridized carbons (Fsp3) is 0.444. The lowest BCUT2D eigenvalue weighted by molar-refractivity contribution is -0.133. The minimum absolute atomic E-state index is 0.0390. The lowest BCUT2D eigenvalue weighted by Crippen LogP contribution is -2.25. The van der Waals surface area contributed by atoms with Gasteiger partial charge in [0.2, 0.25) is 5.76 Å². The van der Waals surface area contributed by atoms with Crippen LogP contribution in [-0.2, 0) is 4.79 Å². The number of carboxylic acids is 1. The molecule has 16 heavy (non-hydrogen) atoms. The van der Waals surface area contributed by atoms with Crippen LogP contribution >= 0.6 is 11.8 Å². The Hall–Kier alpha value is -1.50. The average Bonchev–Trinajstić information content (AvgIpc) is 2.63. The van der Waals surface area contributed by atoms with Gasteiger partial charge in [-0.25, -0.2) is 0 Å². The van der Waals surface area contributed by atoms with E-state index in [1.165, 1.54) is 11.8 Å². The fourth-order valence-corrected chi connectivity index (χ4v) is 1.52. The lowest BCUT2D eigenvalue weighted by atomic mass is 10.4. The van der Waals surface area contributed by atoms with Gasteiger partial charge in [-0.05, 0) is 6.92 Å². The fourth-order valence-electron chi connectivity index (χ4n) is 0.954. The Bertz CT molecular complexity index is 377. The molecule has 1 aromatic heterocycles. The highest BCUT2D eigenvalue weighted by atomic mass is 32.2. The summed E-state index contributed by atoms with van der Waals surface area (Å²) in [6.07, 6.45) is 0. The zero-order valence-electron chi connectivity index (χ0n) is 8.73. The molecule has 0 aromatic carbocycles. The highest BCUT2D eigenvalue weighted by Gasteiger charge is 2.10. The molecule has 0 bridgehead atoms. The maximum atomic E-state index is 11.4. The van der Waals surface area contributed by atoms with Crippen molar-refractivity contribution < 1.29 is 19.2 Å². The number of aryl methyl sites for hydroxylation is 1. The number of hydrogen-bond donors (Lipinski definition) is 2. The number of nitrogens with one attached hydrogen (secondary N) is 1. The summed E-state index contributed by atoms with van der Waals surface area (Å²) in [5, 5.41) is 14.6. The predicted molar refractivity (Wildman–Crippen MR) is 58.5 cm³/mol. The van der Waals surface area contributed by atoms with Crippen LogP contribution in [0.25, 0.3) is 0 Å². The van der Waals surface area contributed by atoms with Gasteiger partial charge in [-0.1, -0.05) is 5.16 Å². The Morgan fingerprint density at radius 2 is 2.38 bits per heavy atom. The van der Waals surface area contributed by atoms with Crippen LogP contribution < -0.4 is 5.32 Å². The van der Waals surface area contributed by atoms with E-state index in [1.54, 1.807) is 13.0 Å². The molecule has 0 aliphatic rings. The smallest absolute Gasteiger partial charge is 0.313 e. The topological polar surface area (TPSA) is 92.4 Å². The van der Waals surface area contributed by atoms with Crippen molar-refractivity contribution in [2.24, 2.45) is 0 Å². The number of aliphatic carboxylic acids is 1. The third-order valence-corrected chi connectivity index (χ3v) is 2.55. The summed E-state index contributed by atoms with van der Waals surface area (Å²) in [7, 11) is 0. The molecule has 1 aromatic rings. The van der Waals surface area contributed by atoms with E-state index >= 15 is 0 Å². The summed E-state index contributed by atoms with van der Waals surface area (Å²) >= 11 is 1.24. The summed E-state index contributed by atoms with van der Waals surface area (Å²) in [5.74, 6) is -0.443. The maximum absolute atomic E-state index is 11.4. The summed E-state index contributed by atoms with van der Waals surface area (Å²) in [4.78, 5) is 21.6. The Morgan fingerprint density at radius 3 is 2.94 bits per heavy atom. The van der Waals surface area contributed by atoms with Crippen LogP contribution in [0.2, 0.25) is 0 Å². The Balaban J connectivity index is 2.18. The van der Waals surface area contributed by atoms with Crippen LogP contribution in [0.5, 0.6) is 0 Å². The molecule has 0 radical (unpaired) electrons. The van der Waals surface area contributed by atoms with Crippen molar-refractivity contribution in [3.05, 3.63) is 17.5 Å². The number of nitrogens with zero attached hydrogens (tertiary/aromatic N) is 1. The first kappa shape index (κ1) is 12.6. The molecule has 7 heteroatoms. The summed E-state index contributed by atoms with van der Waals surface area (Å²) < 4.78 is 4.76. The second-order valence-electron chi connectivity index (χ2n) is 3.03. The van der Waals surface area contributed by atoms with Crippen molar-refractivity contribution in [2.45, 2.75) is 6.92 Å². The number of thioether (sulfide) groups is 1. The number of carbonyl (C=O) groups is 2. The van der Waals surface area contributed by atoms with Gasteiger partial charge in [-0.3, -0.25) is 9.59 Å². The molecule has 0 aliphatic heterocycles. The van der Waals surface area contributed by atoms with Gasteiger partial charge in [-0.2, -0.15) is 0 Å². The normalized spacial score (nSPS) is 10.1. The largest absolute Gasteiger partial charge is 0.481 e. The van der Waals surface area contributed by atoms with E-state index < -0.39 is 5.97 Å². The van der Waals surface area contributed by atoms with Gasteiger partial charge in [-0.15, -0.1) is 11.8 Å². The monoisotopic (exact) mass is 244 g/mol. The van der Waals surface area contributed by atoms with E-state index in [-0.39, 0.29) is 17.4 Å². The Morgan fingerprint density at radius 1 is 1.62 bits per heavy atom. The Kier molecular flexibility index (Phi) is 4.84. The molecule has 6 nitrogen and oxygen atoms in total. The first-order valence-corrected chi connectivity index (χ1v) is 5.76. The van der Waals surface area contributed by atoms with Gasteiger partial charge < -0.3 is 14.9 Å². The van der Waals surface area contributed by atoms with E-state index in [0.29, 0.717) is 18.0 Å².